The van der Waals surface area contributed by atoms with Gasteiger partial charge in [0.1, 0.15) is 0 Å². The largest absolute Gasteiger partial charge is 0.388 e. The number of nitrogens with one attached hydrogen (secondary N) is 2. The molecule has 0 fully saturated rings. The summed E-state index contributed by atoms with van der Waals surface area (Å²) in [5.41, 5.74) is 2.20. The second-order valence-corrected chi connectivity index (χ2v) is 6.24. The van der Waals surface area contributed by atoms with Crippen molar-refractivity contribution in [2.45, 2.75) is 39.7 Å². The van der Waals surface area contributed by atoms with Crippen LogP contribution in [0.15, 0.2) is 24.3 Å². The molecule has 1 unspecified atom stereocenters. The summed E-state index contributed by atoms with van der Waals surface area (Å²) >= 11 is 0. The summed E-state index contributed by atoms with van der Waals surface area (Å²) < 4.78 is 0. The first kappa shape index (κ1) is 15.6. The molecule has 2 rings (SSSR count). The Labute approximate surface area is 125 Å². The third-order valence-corrected chi connectivity index (χ3v) is 4.25. The number of rotatable bonds is 5. The molecular formula is C17H24N2O2. The van der Waals surface area contributed by atoms with Crippen LogP contribution < -0.4 is 5.32 Å². The van der Waals surface area contributed by atoms with Crippen molar-refractivity contribution in [2.24, 2.45) is 5.92 Å². The summed E-state index contributed by atoms with van der Waals surface area (Å²) in [6.45, 7) is 7.87. The van der Waals surface area contributed by atoms with E-state index in [1.54, 1.807) is 6.92 Å². The van der Waals surface area contributed by atoms with Gasteiger partial charge in [-0.2, -0.15) is 0 Å². The zero-order valence-corrected chi connectivity index (χ0v) is 13.2. The Morgan fingerprint density at radius 3 is 2.71 bits per heavy atom. The van der Waals surface area contributed by atoms with Crippen molar-refractivity contribution >= 4 is 16.8 Å². The highest BCUT2D eigenvalue weighted by Gasteiger charge is 2.25. The second-order valence-electron chi connectivity index (χ2n) is 6.24. The van der Waals surface area contributed by atoms with Crippen LogP contribution in [0.2, 0.25) is 0 Å². The van der Waals surface area contributed by atoms with Gasteiger partial charge in [-0.05, 0) is 31.4 Å². The SMILES string of the molecule is Cc1[nH]c2ccccc2c1CC(=O)NCC(C)(O)C(C)C. The van der Waals surface area contributed by atoms with Crippen molar-refractivity contribution in [3.05, 3.63) is 35.5 Å². The Morgan fingerprint density at radius 2 is 2.05 bits per heavy atom. The molecule has 0 aliphatic carbocycles. The van der Waals surface area contributed by atoms with Crippen LogP contribution in [0.4, 0.5) is 0 Å². The van der Waals surface area contributed by atoms with Crippen LogP contribution in [-0.2, 0) is 11.2 Å². The monoisotopic (exact) mass is 288 g/mol. The van der Waals surface area contributed by atoms with Gasteiger partial charge in [0.05, 0.1) is 12.0 Å². The van der Waals surface area contributed by atoms with Crippen molar-refractivity contribution < 1.29 is 9.90 Å². The van der Waals surface area contributed by atoms with Crippen molar-refractivity contribution in [1.82, 2.24) is 10.3 Å². The fraction of sp³-hybridized carbons (Fsp3) is 0.471. The number of fused-ring (bicyclic) bond motifs is 1. The highest BCUT2D eigenvalue weighted by atomic mass is 16.3. The van der Waals surface area contributed by atoms with Crippen LogP contribution >= 0.6 is 0 Å². The Bertz CT molecular complexity index is 641. The van der Waals surface area contributed by atoms with Crippen LogP contribution in [0.25, 0.3) is 10.9 Å². The first-order valence-electron chi connectivity index (χ1n) is 7.36. The Balaban J connectivity index is 2.07. The molecule has 0 spiro atoms. The molecule has 0 aliphatic rings. The topological polar surface area (TPSA) is 65.1 Å². The second kappa shape index (κ2) is 5.90. The van der Waals surface area contributed by atoms with E-state index in [-0.39, 0.29) is 18.4 Å². The van der Waals surface area contributed by atoms with Gasteiger partial charge in [0.2, 0.25) is 5.91 Å². The number of aryl methyl sites for hydroxylation is 1. The van der Waals surface area contributed by atoms with E-state index in [1.807, 2.05) is 45.0 Å². The molecule has 0 radical (unpaired) electrons. The quantitative estimate of drug-likeness (QED) is 0.791. The van der Waals surface area contributed by atoms with Gasteiger partial charge < -0.3 is 15.4 Å². The van der Waals surface area contributed by atoms with Gasteiger partial charge in [-0.3, -0.25) is 4.79 Å². The third-order valence-electron chi connectivity index (χ3n) is 4.25. The number of H-pyrrole nitrogens is 1. The molecule has 4 nitrogen and oxygen atoms in total. The molecule has 4 heteroatoms. The average molecular weight is 288 g/mol. The molecule has 114 valence electrons. The van der Waals surface area contributed by atoms with Gasteiger partial charge >= 0.3 is 0 Å². The zero-order valence-electron chi connectivity index (χ0n) is 13.2. The molecule has 1 heterocycles. The molecule has 0 aliphatic heterocycles. The van der Waals surface area contributed by atoms with E-state index in [0.29, 0.717) is 6.42 Å². The first-order chi connectivity index (χ1) is 9.81. The molecule has 1 aromatic heterocycles. The average Bonchev–Trinajstić information content (AvgIpc) is 2.73. The lowest BCUT2D eigenvalue weighted by Crippen LogP contribution is -2.44. The van der Waals surface area contributed by atoms with Crippen molar-refractivity contribution in [2.75, 3.05) is 6.54 Å². The highest BCUT2D eigenvalue weighted by Crippen LogP contribution is 2.22. The van der Waals surface area contributed by atoms with Gasteiger partial charge in [-0.15, -0.1) is 0 Å². The third kappa shape index (κ3) is 3.45. The summed E-state index contributed by atoms with van der Waals surface area (Å²) in [6.07, 6.45) is 0.323. The lowest BCUT2D eigenvalue weighted by atomic mass is 9.92. The number of amides is 1. The Morgan fingerprint density at radius 1 is 1.38 bits per heavy atom. The number of carbonyl (C=O) groups excluding carboxylic acids is 1. The molecule has 0 saturated carbocycles. The molecule has 1 amide bonds. The van der Waals surface area contributed by atoms with Crippen molar-refractivity contribution in [1.29, 1.82) is 0 Å². The number of aromatic nitrogens is 1. The number of aromatic amines is 1. The summed E-state index contributed by atoms with van der Waals surface area (Å²) in [7, 11) is 0. The minimum Gasteiger partial charge on any atom is -0.388 e. The lowest BCUT2D eigenvalue weighted by Gasteiger charge is -2.27. The number of para-hydroxylation sites is 1. The van der Waals surface area contributed by atoms with E-state index in [0.717, 1.165) is 22.2 Å². The maximum absolute atomic E-state index is 12.1. The van der Waals surface area contributed by atoms with E-state index in [2.05, 4.69) is 10.3 Å². The number of aliphatic hydroxyl groups is 1. The van der Waals surface area contributed by atoms with E-state index < -0.39 is 5.60 Å². The molecule has 0 bridgehead atoms. The minimum atomic E-state index is -0.884. The summed E-state index contributed by atoms with van der Waals surface area (Å²) in [5, 5.41) is 14.1. The predicted octanol–water partition coefficient (Wildman–Crippen LogP) is 2.54. The molecule has 21 heavy (non-hydrogen) atoms. The summed E-state index contributed by atoms with van der Waals surface area (Å²) in [4.78, 5) is 15.4. The zero-order chi connectivity index (χ0) is 15.6. The van der Waals surface area contributed by atoms with E-state index in [4.69, 9.17) is 0 Å². The number of carbonyl (C=O) groups is 1. The fourth-order valence-corrected chi connectivity index (χ4v) is 2.27. The van der Waals surface area contributed by atoms with Gasteiger partial charge in [0.15, 0.2) is 0 Å². The van der Waals surface area contributed by atoms with Crippen LogP contribution in [-0.4, -0.2) is 28.1 Å². The Kier molecular flexibility index (Phi) is 4.37. The van der Waals surface area contributed by atoms with Gasteiger partial charge in [-0.25, -0.2) is 0 Å². The number of benzene rings is 1. The van der Waals surface area contributed by atoms with Crippen molar-refractivity contribution in [3.63, 3.8) is 0 Å². The Hall–Kier alpha value is -1.81. The molecule has 1 aromatic carbocycles. The van der Waals surface area contributed by atoms with E-state index >= 15 is 0 Å². The van der Waals surface area contributed by atoms with Crippen LogP contribution in [0, 0.1) is 12.8 Å². The number of hydrogen-bond acceptors (Lipinski definition) is 2. The minimum absolute atomic E-state index is 0.0659. The van der Waals surface area contributed by atoms with Gasteiger partial charge in [0, 0.05) is 23.1 Å². The lowest BCUT2D eigenvalue weighted by molar-refractivity contribution is -0.122. The van der Waals surface area contributed by atoms with Crippen molar-refractivity contribution in [3.8, 4) is 0 Å². The molecule has 1 atom stereocenters. The molecular weight excluding hydrogens is 264 g/mol. The van der Waals surface area contributed by atoms with Crippen LogP contribution in [0.3, 0.4) is 0 Å². The van der Waals surface area contributed by atoms with Crippen LogP contribution in [0.5, 0.6) is 0 Å². The normalized spacial score (nSPS) is 14.4. The maximum atomic E-state index is 12.1. The fourth-order valence-electron chi connectivity index (χ4n) is 2.27. The summed E-state index contributed by atoms with van der Waals surface area (Å²) in [5.74, 6) is 0.0244. The van der Waals surface area contributed by atoms with E-state index in [1.165, 1.54) is 0 Å². The first-order valence-corrected chi connectivity index (χ1v) is 7.36. The number of hydrogen-bond donors (Lipinski definition) is 3. The molecule has 2 aromatic rings. The van der Waals surface area contributed by atoms with Gasteiger partial charge in [-0.1, -0.05) is 32.0 Å². The van der Waals surface area contributed by atoms with Gasteiger partial charge in [0.25, 0.3) is 0 Å². The van der Waals surface area contributed by atoms with Crippen LogP contribution in [0.1, 0.15) is 32.0 Å². The van der Waals surface area contributed by atoms with E-state index in [9.17, 15) is 9.90 Å². The predicted molar refractivity (Wildman–Crippen MR) is 85.2 cm³/mol. The molecule has 0 saturated heterocycles. The standard InChI is InChI=1S/C17H24N2O2/c1-11(2)17(4,21)10-18-16(20)9-14-12(3)19-15-8-6-5-7-13(14)15/h5-8,11,19,21H,9-10H2,1-4H3,(H,18,20). The highest BCUT2D eigenvalue weighted by molar-refractivity contribution is 5.90. The molecule has 3 N–H and O–H groups in total. The summed E-state index contributed by atoms with van der Waals surface area (Å²) in [6, 6.07) is 7.97. The maximum Gasteiger partial charge on any atom is 0.224 e. The smallest absolute Gasteiger partial charge is 0.224 e.